The summed E-state index contributed by atoms with van der Waals surface area (Å²) in [6, 6.07) is 8.83. The molecule has 0 bridgehead atoms. The number of nitrogens with zero attached hydrogens (tertiary/aromatic N) is 3. The summed E-state index contributed by atoms with van der Waals surface area (Å²) < 4.78 is 54.5. The number of benzene rings is 2. The highest BCUT2D eigenvalue weighted by Crippen LogP contribution is 2.38. The van der Waals surface area contributed by atoms with Crippen LogP contribution in [0, 0.1) is 0 Å². The van der Waals surface area contributed by atoms with Crippen LogP contribution in [0.4, 0.5) is 18.9 Å². The standard InChI is InChI=1S/C29H31F3N4O4/c1-4-26(37)33-18-10-11-35(16-18)19-8-9-24(29(30,31)32)25(14-19)36-28(38)23-7-5-6-22(23)27(34-36)17-12-20(39-2)15-21(13-17)40-3/h8-9,12-15,18H,4-7,10-11,16H2,1-3H3,(H,33,37). The first-order valence-electron chi connectivity index (χ1n) is 13.3. The summed E-state index contributed by atoms with van der Waals surface area (Å²) in [5.41, 5.74) is 0.894. The fourth-order valence-corrected chi connectivity index (χ4v) is 5.49. The average Bonchev–Trinajstić information content (AvgIpc) is 3.62. The molecule has 2 aromatic carbocycles. The predicted octanol–water partition coefficient (Wildman–Crippen LogP) is 4.53. The van der Waals surface area contributed by atoms with Gasteiger partial charge in [0.15, 0.2) is 0 Å². The zero-order chi connectivity index (χ0) is 28.6. The van der Waals surface area contributed by atoms with Crippen molar-refractivity contribution in [1.82, 2.24) is 15.1 Å². The van der Waals surface area contributed by atoms with Gasteiger partial charge in [0.2, 0.25) is 5.91 Å². The van der Waals surface area contributed by atoms with Crippen LogP contribution >= 0.6 is 0 Å². The minimum absolute atomic E-state index is 0.0736. The zero-order valence-corrected chi connectivity index (χ0v) is 22.6. The molecule has 3 aromatic rings. The number of carbonyl (C=O) groups excluding carboxylic acids is 1. The van der Waals surface area contributed by atoms with Crippen molar-refractivity contribution in [2.24, 2.45) is 0 Å². The van der Waals surface area contributed by atoms with Gasteiger partial charge in [0.05, 0.1) is 31.2 Å². The van der Waals surface area contributed by atoms with Gasteiger partial charge in [0, 0.05) is 48.4 Å². The molecule has 1 fully saturated rings. The SMILES string of the molecule is CCC(=O)NC1CCN(c2ccc(C(F)(F)F)c(-n3nc(-c4cc(OC)cc(OC)c4)c4c(c3=O)CCC4)c2)C1. The molecule has 1 aromatic heterocycles. The summed E-state index contributed by atoms with van der Waals surface area (Å²) in [6.07, 6.45) is -1.93. The number of halogens is 3. The van der Waals surface area contributed by atoms with E-state index in [4.69, 9.17) is 9.47 Å². The van der Waals surface area contributed by atoms with E-state index in [1.165, 1.54) is 26.4 Å². The summed E-state index contributed by atoms with van der Waals surface area (Å²) in [5, 5.41) is 7.50. The number of rotatable bonds is 7. The number of anilines is 1. The Balaban J connectivity index is 1.65. The summed E-state index contributed by atoms with van der Waals surface area (Å²) in [4.78, 5) is 27.4. The molecule has 40 heavy (non-hydrogen) atoms. The van der Waals surface area contributed by atoms with Crippen LogP contribution in [0.2, 0.25) is 0 Å². The van der Waals surface area contributed by atoms with Gasteiger partial charge in [0.25, 0.3) is 5.56 Å². The Kier molecular flexibility index (Phi) is 7.48. The second kappa shape index (κ2) is 10.9. The van der Waals surface area contributed by atoms with Gasteiger partial charge in [0.1, 0.15) is 11.5 Å². The number of hydrogen-bond donors (Lipinski definition) is 1. The topological polar surface area (TPSA) is 85.7 Å². The van der Waals surface area contributed by atoms with E-state index in [1.54, 1.807) is 25.1 Å². The lowest BCUT2D eigenvalue weighted by atomic mass is 10.0. The molecule has 1 unspecified atom stereocenters. The van der Waals surface area contributed by atoms with Crippen LogP contribution in [0.15, 0.2) is 41.2 Å². The molecular formula is C29H31F3N4O4. The fraction of sp³-hybridized carbons (Fsp3) is 0.414. The Labute approximate surface area is 229 Å². The van der Waals surface area contributed by atoms with E-state index < -0.39 is 17.3 Å². The van der Waals surface area contributed by atoms with Gasteiger partial charge in [-0.25, -0.2) is 0 Å². The number of aromatic nitrogens is 2. The molecule has 2 heterocycles. The molecule has 1 aliphatic carbocycles. The highest BCUT2D eigenvalue weighted by Gasteiger charge is 2.36. The number of ether oxygens (including phenoxy) is 2. The quantitative estimate of drug-likeness (QED) is 0.461. The maximum absolute atomic E-state index is 14.3. The third-order valence-electron chi connectivity index (χ3n) is 7.53. The van der Waals surface area contributed by atoms with Crippen molar-refractivity contribution in [3.05, 3.63) is 63.4 Å². The van der Waals surface area contributed by atoms with Crippen LogP contribution in [-0.4, -0.2) is 49.0 Å². The number of carbonyl (C=O) groups is 1. The summed E-state index contributed by atoms with van der Waals surface area (Å²) in [7, 11) is 3.02. The van der Waals surface area contributed by atoms with Crippen molar-refractivity contribution in [1.29, 1.82) is 0 Å². The van der Waals surface area contributed by atoms with Crippen molar-refractivity contribution in [2.75, 3.05) is 32.2 Å². The largest absolute Gasteiger partial charge is 0.497 e. The molecule has 1 amide bonds. The summed E-state index contributed by atoms with van der Waals surface area (Å²) in [5.74, 6) is 0.922. The maximum Gasteiger partial charge on any atom is 0.418 e. The zero-order valence-electron chi connectivity index (χ0n) is 22.6. The number of fused-ring (bicyclic) bond motifs is 1. The van der Waals surface area contributed by atoms with Gasteiger partial charge in [-0.15, -0.1) is 0 Å². The molecule has 212 valence electrons. The van der Waals surface area contributed by atoms with Crippen molar-refractivity contribution >= 4 is 11.6 Å². The first-order chi connectivity index (χ1) is 19.1. The molecule has 2 aliphatic rings. The minimum Gasteiger partial charge on any atom is -0.497 e. The van der Waals surface area contributed by atoms with E-state index in [0.717, 1.165) is 16.3 Å². The lowest BCUT2D eigenvalue weighted by Crippen LogP contribution is -2.36. The highest BCUT2D eigenvalue weighted by atomic mass is 19.4. The molecule has 1 aliphatic heterocycles. The Morgan fingerprint density at radius 2 is 1.77 bits per heavy atom. The van der Waals surface area contributed by atoms with Crippen molar-refractivity contribution in [2.45, 2.75) is 51.2 Å². The van der Waals surface area contributed by atoms with Crippen molar-refractivity contribution in [3.8, 4) is 28.4 Å². The van der Waals surface area contributed by atoms with E-state index in [1.807, 2.05) is 4.90 Å². The number of amides is 1. The van der Waals surface area contributed by atoms with E-state index in [2.05, 4.69) is 10.4 Å². The van der Waals surface area contributed by atoms with E-state index in [0.29, 0.717) is 79.2 Å². The molecule has 8 nitrogen and oxygen atoms in total. The highest BCUT2D eigenvalue weighted by molar-refractivity contribution is 5.76. The van der Waals surface area contributed by atoms with Crippen molar-refractivity contribution < 1.29 is 27.4 Å². The molecule has 11 heteroatoms. The van der Waals surface area contributed by atoms with Crippen LogP contribution in [0.25, 0.3) is 16.9 Å². The molecule has 1 saturated heterocycles. The first-order valence-corrected chi connectivity index (χ1v) is 13.3. The van der Waals surface area contributed by atoms with Crippen LogP contribution in [0.1, 0.15) is 42.9 Å². The number of nitrogens with one attached hydrogen (secondary N) is 1. The summed E-state index contributed by atoms with van der Waals surface area (Å²) in [6.45, 7) is 2.78. The molecule has 5 rings (SSSR count). The van der Waals surface area contributed by atoms with E-state index in [9.17, 15) is 22.8 Å². The Morgan fingerprint density at radius 1 is 1.07 bits per heavy atom. The van der Waals surface area contributed by atoms with Crippen LogP contribution < -0.4 is 25.2 Å². The third-order valence-corrected chi connectivity index (χ3v) is 7.53. The summed E-state index contributed by atoms with van der Waals surface area (Å²) >= 11 is 0. The van der Waals surface area contributed by atoms with E-state index in [-0.39, 0.29) is 17.6 Å². The van der Waals surface area contributed by atoms with Gasteiger partial charge < -0.3 is 19.7 Å². The number of methoxy groups -OCH3 is 2. The first kappa shape index (κ1) is 27.5. The van der Waals surface area contributed by atoms with Crippen molar-refractivity contribution in [3.63, 3.8) is 0 Å². The van der Waals surface area contributed by atoms with Crippen LogP contribution in [0.3, 0.4) is 0 Å². The second-order valence-corrected chi connectivity index (χ2v) is 10.0. The third kappa shape index (κ3) is 5.24. The monoisotopic (exact) mass is 556 g/mol. The van der Waals surface area contributed by atoms with Crippen LogP contribution in [-0.2, 0) is 23.8 Å². The van der Waals surface area contributed by atoms with Gasteiger partial charge in [-0.3, -0.25) is 9.59 Å². The molecule has 1 N–H and O–H groups in total. The van der Waals surface area contributed by atoms with E-state index >= 15 is 0 Å². The molecule has 0 saturated carbocycles. The lowest BCUT2D eigenvalue weighted by Gasteiger charge is -2.23. The molecule has 1 atom stereocenters. The minimum atomic E-state index is -4.71. The Bertz CT molecular complexity index is 1480. The normalized spacial score (nSPS) is 16.6. The predicted molar refractivity (Wildman–Crippen MR) is 144 cm³/mol. The maximum atomic E-state index is 14.3. The second-order valence-electron chi connectivity index (χ2n) is 10.0. The average molecular weight is 557 g/mol. The molecule has 0 spiro atoms. The van der Waals surface area contributed by atoms with Gasteiger partial charge in [-0.1, -0.05) is 6.92 Å². The van der Waals surface area contributed by atoms with Gasteiger partial charge in [-0.2, -0.15) is 23.0 Å². The smallest absolute Gasteiger partial charge is 0.418 e. The van der Waals surface area contributed by atoms with Crippen LogP contribution in [0.5, 0.6) is 11.5 Å². The lowest BCUT2D eigenvalue weighted by molar-refractivity contribution is -0.137. The number of hydrogen-bond acceptors (Lipinski definition) is 6. The van der Waals surface area contributed by atoms with Gasteiger partial charge in [-0.05, 0) is 61.6 Å². The fourth-order valence-electron chi connectivity index (χ4n) is 5.49. The Hall–Kier alpha value is -4.02. The number of alkyl halides is 3. The van der Waals surface area contributed by atoms with Gasteiger partial charge >= 0.3 is 6.18 Å². The molecular weight excluding hydrogens is 525 g/mol. The molecule has 0 radical (unpaired) electrons. The Morgan fingerprint density at radius 3 is 2.42 bits per heavy atom.